The quantitative estimate of drug-likeness (QED) is 0.620. The fourth-order valence-electron chi connectivity index (χ4n) is 2.32. The van der Waals surface area contributed by atoms with Crippen LogP contribution in [0.15, 0.2) is 59.6 Å². The van der Waals surface area contributed by atoms with Crippen LogP contribution in [0.2, 0.25) is 5.02 Å². The molecule has 0 atom stereocenters. The summed E-state index contributed by atoms with van der Waals surface area (Å²) in [5, 5.41) is 9.72. The standard InChI is InChI=1S/C19H13ClFN3O4S/c1-27-18-5-3-14(9-16(18)20)28-17-6-4-15(8-12(17)10-22)29(25,26)24-19-7-2-13(21)11-23-19/h2-9,11H,1H3,(H,23,24). The smallest absolute Gasteiger partial charge is 0.263 e. The second kappa shape index (κ2) is 8.34. The van der Waals surface area contributed by atoms with Gasteiger partial charge in [-0.3, -0.25) is 4.72 Å². The van der Waals surface area contributed by atoms with E-state index in [9.17, 15) is 18.1 Å². The first-order valence-corrected chi connectivity index (χ1v) is 9.88. The largest absolute Gasteiger partial charge is 0.495 e. The van der Waals surface area contributed by atoms with Crippen LogP contribution >= 0.6 is 11.6 Å². The Labute approximate surface area is 171 Å². The molecule has 0 aliphatic heterocycles. The summed E-state index contributed by atoms with van der Waals surface area (Å²) in [6.45, 7) is 0. The highest BCUT2D eigenvalue weighted by Gasteiger charge is 2.18. The van der Waals surface area contributed by atoms with Crippen molar-refractivity contribution in [2.24, 2.45) is 0 Å². The van der Waals surface area contributed by atoms with Crippen LogP contribution in [0, 0.1) is 17.1 Å². The molecule has 1 N–H and O–H groups in total. The number of rotatable bonds is 6. The van der Waals surface area contributed by atoms with Crippen LogP contribution < -0.4 is 14.2 Å². The second-order valence-corrected chi connectivity index (χ2v) is 7.72. The molecule has 3 rings (SSSR count). The molecular weight excluding hydrogens is 421 g/mol. The maximum Gasteiger partial charge on any atom is 0.263 e. The normalized spacial score (nSPS) is 10.8. The molecule has 1 aromatic heterocycles. The van der Waals surface area contributed by atoms with E-state index in [-0.39, 0.29) is 22.0 Å². The van der Waals surface area contributed by atoms with Gasteiger partial charge in [-0.25, -0.2) is 17.8 Å². The highest BCUT2D eigenvalue weighted by molar-refractivity contribution is 7.92. The molecule has 10 heteroatoms. The van der Waals surface area contributed by atoms with Crippen LogP contribution in [0.4, 0.5) is 10.2 Å². The van der Waals surface area contributed by atoms with E-state index in [0.717, 1.165) is 18.3 Å². The van der Waals surface area contributed by atoms with Crippen molar-refractivity contribution >= 4 is 27.4 Å². The number of aromatic nitrogens is 1. The van der Waals surface area contributed by atoms with E-state index < -0.39 is 15.8 Å². The summed E-state index contributed by atoms with van der Waals surface area (Å²) in [6, 6.07) is 12.6. The number of nitrogens with zero attached hydrogens (tertiary/aromatic N) is 2. The van der Waals surface area contributed by atoms with Crippen molar-refractivity contribution in [3.05, 3.63) is 71.1 Å². The molecule has 0 fully saturated rings. The first-order valence-electron chi connectivity index (χ1n) is 8.02. The van der Waals surface area contributed by atoms with Crippen LogP contribution in [-0.2, 0) is 10.0 Å². The molecule has 0 amide bonds. The van der Waals surface area contributed by atoms with Gasteiger partial charge >= 0.3 is 0 Å². The van der Waals surface area contributed by atoms with Crippen molar-refractivity contribution in [2.75, 3.05) is 11.8 Å². The number of halogens is 2. The van der Waals surface area contributed by atoms with Crippen LogP contribution in [0.25, 0.3) is 0 Å². The molecule has 3 aromatic rings. The van der Waals surface area contributed by atoms with E-state index in [1.807, 2.05) is 6.07 Å². The minimum Gasteiger partial charge on any atom is -0.495 e. The topological polar surface area (TPSA) is 101 Å². The molecule has 0 radical (unpaired) electrons. The van der Waals surface area contributed by atoms with E-state index in [1.54, 1.807) is 12.1 Å². The second-order valence-electron chi connectivity index (χ2n) is 5.64. The average Bonchev–Trinajstić information content (AvgIpc) is 2.70. The Kier molecular flexibility index (Phi) is 5.87. The molecular formula is C19H13ClFN3O4S. The number of hydrogen-bond acceptors (Lipinski definition) is 6. The van der Waals surface area contributed by atoms with E-state index in [1.165, 1.54) is 31.4 Å². The summed E-state index contributed by atoms with van der Waals surface area (Å²) in [6.07, 6.45) is 0.884. The zero-order valence-electron chi connectivity index (χ0n) is 14.9. The van der Waals surface area contributed by atoms with Gasteiger partial charge in [0.25, 0.3) is 10.0 Å². The summed E-state index contributed by atoms with van der Waals surface area (Å²) in [7, 11) is -2.57. The van der Waals surface area contributed by atoms with Gasteiger partial charge < -0.3 is 9.47 Å². The van der Waals surface area contributed by atoms with Crippen molar-refractivity contribution in [2.45, 2.75) is 4.90 Å². The molecule has 0 aliphatic rings. The van der Waals surface area contributed by atoms with Crippen LogP contribution in [0.1, 0.15) is 5.56 Å². The highest BCUT2D eigenvalue weighted by atomic mass is 35.5. The number of anilines is 1. The molecule has 2 aromatic carbocycles. The lowest BCUT2D eigenvalue weighted by Crippen LogP contribution is -2.14. The van der Waals surface area contributed by atoms with Crippen molar-refractivity contribution in [1.29, 1.82) is 5.26 Å². The van der Waals surface area contributed by atoms with Crippen LogP contribution in [-0.4, -0.2) is 20.5 Å². The zero-order chi connectivity index (χ0) is 21.0. The van der Waals surface area contributed by atoms with Gasteiger partial charge in [-0.1, -0.05) is 11.6 Å². The maximum absolute atomic E-state index is 12.9. The molecule has 0 unspecified atom stereocenters. The average molecular weight is 434 g/mol. The molecule has 1 heterocycles. The number of methoxy groups -OCH3 is 1. The zero-order valence-corrected chi connectivity index (χ0v) is 16.5. The van der Waals surface area contributed by atoms with Crippen LogP contribution in [0.3, 0.4) is 0 Å². The SMILES string of the molecule is COc1ccc(Oc2ccc(S(=O)(=O)Nc3ccc(F)cn3)cc2C#N)cc1Cl. The van der Waals surface area contributed by atoms with E-state index in [2.05, 4.69) is 9.71 Å². The Hall–Kier alpha value is -3.35. The number of benzene rings is 2. The lowest BCUT2D eigenvalue weighted by Gasteiger charge is -2.11. The molecule has 0 aliphatic carbocycles. The molecule has 0 saturated heterocycles. The third kappa shape index (κ3) is 4.74. The monoisotopic (exact) mass is 433 g/mol. The number of pyridine rings is 1. The predicted molar refractivity (Wildman–Crippen MR) is 104 cm³/mol. The fourth-order valence-corrected chi connectivity index (χ4v) is 3.60. The van der Waals surface area contributed by atoms with E-state index in [4.69, 9.17) is 21.1 Å². The molecule has 0 bridgehead atoms. The maximum atomic E-state index is 12.9. The molecule has 148 valence electrons. The van der Waals surface area contributed by atoms with Gasteiger partial charge in [0.05, 0.1) is 28.8 Å². The van der Waals surface area contributed by atoms with Crippen molar-refractivity contribution in [3.8, 4) is 23.3 Å². The highest BCUT2D eigenvalue weighted by Crippen LogP contribution is 2.33. The predicted octanol–water partition coefficient (Wildman–Crippen LogP) is 4.35. The summed E-state index contributed by atoms with van der Waals surface area (Å²) in [5.41, 5.74) is -0.00752. The molecule has 0 spiro atoms. The Morgan fingerprint density at radius 2 is 1.90 bits per heavy atom. The summed E-state index contributed by atoms with van der Waals surface area (Å²) < 4.78 is 50.9. The summed E-state index contributed by atoms with van der Waals surface area (Å²) in [5.74, 6) is 0.295. The van der Waals surface area contributed by atoms with Crippen molar-refractivity contribution < 1.29 is 22.3 Å². The first-order chi connectivity index (χ1) is 13.8. The van der Waals surface area contributed by atoms with E-state index >= 15 is 0 Å². The number of nitrogens with one attached hydrogen (secondary N) is 1. The lowest BCUT2D eigenvalue weighted by atomic mass is 10.2. The first kappa shape index (κ1) is 20.4. The minimum absolute atomic E-state index is 0.00752. The van der Waals surface area contributed by atoms with Gasteiger partial charge in [0.2, 0.25) is 0 Å². The number of sulfonamides is 1. The van der Waals surface area contributed by atoms with Gasteiger partial charge in [0, 0.05) is 6.07 Å². The van der Waals surface area contributed by atoms with Crippen molar-refractivity contribution in [1.82, 2.24) is 4.98 Å². The van der Waals surface area contributed by atoms with Gasteiger partial charge in [-0.05, 0) is 42.5 Å². The molecule has 0 saturated carbocycles. The van der Waals surface area contributed by atoms with Crippen molar-refractivity contribution in [3.63, 3.8) is 0 Å². The lowest BCUT2D eigenvalue weighted by molar-refractivity contribution is 0.413. The third-order valence-corrected chi connectivity index (χ3v) is 5.35. The number of hydrogen-bond donors (Lipinski definition) is 1. The van der Waals surface area contributed by atoms with Gasteiger partial charge in [0.1, 0.15) is 35.0 Å². The number of nitriles is 1. The Balaban J connectivity index is 1.87. The van der Waals surface area contributed by atoms with Gasteiger partial charge in [-0.15, -0.1) is 0 Å². The fraction of sp³-hybridized carbons (Fsp3) is 0.0526. The summed E-state index contributed by atoms with van der Waals surface area (Å²) >= 11 is 6.05. The van der Waals surface area contributed by atoms with Gasteiger partial charge in [-0.2, -0.15) is 5.26 Å². The Bertz CT molecular complexity index is 1200. The molecule has 29 heavy (non-hydrogen) atoms. The minimum atomic E-state index is -4.04. The summed E-state index contributed by atoms with van der Waals surface area (Å²) in [4.78, 5) is 3.47. The third-order valence-electron chi connectivity index (χ3n) is 3.70. The Morgan fingerprint density at radius 1 is 1.14 bits per heavy atom. The van der Waals surface area contributed by atoms with Crippen LogP contribution in [0.5, 0.6) is 17.2 Å². The van der Waals surface area contributed by atoms with Gasteiger partial charge in [0.15, 0.2) is 0 Å². The van der Waals surface area contributed by atoms with E-state index in [0.29, 0.717) is 16.5 Å². The Morgan fingerprint density at radius 3 is 2.52 bits per heavy atom. The number of ether oxygens (including phenoxy) is 2. The molecule has 7 nitrogen and oxygen atoms in total.